The number of aldehydes is 1. The number of amides is 1. The molecule has 2 aliphatic rings. The van der Waals surface area contributed by atoms with E-state index in [0.717, 1.165) is 49.7 Å². The Hall–Kier alpha value is -1.88. The molecule has 4 nitrogen and oxygen atoms in total. The number of likely N-dealkylation sites (tertiary alicyclic amines) is 1. The third-order valence-electron chi connectivity index (χ3n) is 7.62. The summed E-state index contributed by atoms with van der Waals surface area (Å²) in [7, 11) is 0. The molecule has 6 heteroatoms. The lowest BCUT2D eigenvalue weighted by Gasteiger charge is -2.52. The van der Waals surface area contributed by atoms with Gasteiger partial charge in [0.2, 0.25) is 5.91 Å². The fourth-order valence-electron chi connectivity index (χ4n) is 5.90. The van der Waals surface area contributed by atoms with Crippen LogP contribution in [0.5, 0.6) is 0 Å². The molecule has 2 aromatic carbocycles. The fourth-order valence-corrected chi connectivity index (χ4v) is 6.22. The second kappa shape index (κ2) is 10.8. The molecule has 2 heterocycles. The van der Waals surface area contributed by atoms with Crippen molar-refractivity contribution < 1.29 is 14.3 Å². The molecule has 0 spiro atoms. The van der Waals surface area contributed by atoms with E-state index < -0.39 is 5.41 Å². The van der Waals surface area contributed by atoms with Gasteiger partial charge in [-0.15, -0.1) is 0 Å². The van der Waals surface area contributed by atoms with Gasteiger partial charge in [-0.25, -0.2) is 0 Å². The SMILES string of the molecule is CCC(C1CCCC[OH+]1)N1C(=O)[C@@](C)(CC=O)C[C@H](c2cccc(Cl)c2)C1c1ccc(Cl)cc1. The number of hydrogen-bond acceptors (Lipinski definition) is 2. The molecule has 3 unspecified atom stereocenters. The summed E-state index contributed by atoms with van der Waals surface area (Å²) >= 11 is 12.7. The van der Waals surface area contributed by atoms with Crippen molar-refractivity contribution in [1.82, 2.24) is 4.90 Å². The summed E-state index contributed by atoms with van der Waals surface area (Å²) in [6.07, 6.45) is 5.80. The topological polar surface area (TPSA) is 50.2 Å². The molecule has 5 atom stereocenters. The number of nitrogens with zero attached hydrogens (tertiary/aromatic N) is 1. The zero-order valence-electron chi connectivity index (χ0n) is 19.9. The summed E-state index contributed by atoms with van der Waals surface area (Å²) in [4.78, 5) is 28.1. The first kappa shape index (κ1) is 25.2. The van der Waals surface area contributed by atoms with Crippen LogP contribution < -0.4 is 0 Å². The lowest BCUT2D eigenvalue weighted by atomic mass is 9.67. The first-order chi connectivity index (χ1) is 16.4. The van der Waals surface area contributed by atoms with Crippen LogP contribution in [0.15, 0.2) is 48.5 Å². The molecule has 0 saturated carbocycles. The number of piperidine rings is 1. The molecular formula is C28H34Cl2NO3+. The van der Waals surface area contributed by atoms with E-state index in [1.807, 2.05) is 49.4 Å². The van der Waals surface area contributed by atoms with Crippen molar-refractivity contribution in [1.29, 1.82) is 0 Å². The first-order valence-corrected chi connectivity index (χ1v) is 13.1. The van der Waals surface area contributed by atoms with Gasteiger partial charge in [0.15, 0.2) is 6.10 Å². The number of benzene rings is 2. The molecule has 2 saturated heterocycles. The van der Waals surface area contributed by atoms with Crippen LogP contribution in [-0.2, 0) is 9.59 Å². The molecule has 0 aliphatic carbocycles. The maximum absolute atomic E-state index is 14.2. The predicted molar refractivity (Wildman–Crippen MR) is 137 cm³/mol. The average molecular weight is 503 g/mol. The highest BCUT2D eigenvalue weighted by molar-refractivity contribution is 6.30. The highest BCUT2D eigenvalue weighted by Crippen LogP contribution is 2.52. The Balaban J connectivity index is 1.88. The van der Waals surface area contributed by atoms with Crippen molar-refractivity contribution in [3.63, 3.8) is 0 Å². The Morgan fingerprint density at radius 3 is 2.50 bits per heavy atom. The Morgan fingerprint density at radius 2 is 1.88 bits per heavy atom. The maximum atomic E-state index is 14.2. The van der Waals surface area contributed by atoms with Crippen molar-refractivity contribution in [2.24, 2.45) is 5.41 Å². The van der Waals surface area contributed by atoms with Gasteiger partial charge in [-0.3, -0.25) is 4.79 Å². The van der Waals surface area contributed by atoms with Crippen LogP contribution in [0, 0.1) is 5.41 Å². The molecule has 2 aliphatic heterocycles. The van der Waals surface area contributed by atoms with Crippen molar-refractivity contribution in [3.05, 3.63) is 69.7 Å². The van der Waals surface area contributed by atoms with Gasteiger partial charge in [0.25, 0.3) is 0 Å². The molecular weight excluding hydrogens is 469 g/mol. The quantitative estimate of drug-likeness (QED) is 0.320. The number of halogens is 2. The molecule has 0 radical (unpaired) electrons. The molecule has 0 aromatic heterocycles. The summed E-state index contributed by atoms with van der Waals surface area (Å²) in [6.45, 7) is 4.93. The maximum Gasteiger partial charge on any atom is 0.230 e. The van der Waals surface area contributed by atoms with Gasteiger partial charge < -0.3 is 14.4 Å². The van der Waals surface area contributed by atoms with Crippen molar-refractivity contribution >= 4 is 35.4 Å². The fraction of sp³-hybridized carbons (Fsp3) is 0.500. The van der Waals surface area contributed by atoms with Crippen molar-refractivity contribution in [3.8, 4) is 0 Å². The third-order valence-corrected chi connectivity index (χ3v) is 8.10. The highest BCUT2D eigenvalue weighted by atomic mass is 35.5. The third kappa shape index (κ3) is 5.05. The van der Waals surface area contributed by atoms with Crippen molar-refractivity contribution in [2.75, 3.05) is 6.61 Å². The molecule has 2 aromatic rings. The monoisotopic (exact) mass is 502 g/mol. The van der Waals surface area contributed by atoms with Gasteiger partial charge in [-0.05, 0) is 54.7 Å². The van der Waals surface area contributed by atoms with Crippen molar-refractivity contribution in [2.45, 2.75) is 76.5 Å². The molecule has 1 amide bonds. The lowest BCUT2D eigenvalue weighted by molar-refractivity contribution is -0.186. The van der Waals surface area contributed by atoms with E-state index in [9.17, 15) is 9.59 Å². The molecule has 0 bridgehead atoms. The molecule has 1 N–H and O–H groups in total. The first-order valence-electron chi connectivity index (χ1n) is 12.3. The van der Waals surface area contributed by atoms with Crippen LogP contribution in [0.2, 0.25) is 10.0 Å². The van der Waals surface area contributed by atoms with E-state index in [1.54, 1.807) is 0 Å². The molecule has 4 rings (SSSR count). The normalized spacial score (nSPS) is 28.5. The number of rotatable bonds is 7. The van der Waals surface area contributed by atoms with Crippen LogP contribution in [-0.4, -0.2) is 40.6 Å². The second-order valence-electron chi connectivity index (χ2n) is 9.95. The predicted octanol–water partition coefficient (Wildman–Crippen LogP) is 6.51. The van der Waals surface area contributed by atoms with Gasteiger partial charge >= 0.3 is 0 Å². The Bertz CT molecular complexity index is 1000. The van der Waals surface area contributed by atoms with Gasteiger partial charge in [0.1, 0.15) is 18.9 Å². The smallest absolute Gasteiger partial charge is 0.230 e. The number of carbonyl (C=O) groups is 2. The Labute approximate surface area is 212 Å². The summed E-state index contributed by atoms with van der Waals surface area (Å²) in [5, 5.41) is 1.33. The van der Waals surface area contributed by atoms with E-state index in [1.165, 1.54) is 0 Å². The molecule has 182 valence electrons. The second-order valence-corrected chi connectivity index (χ2v) is 10.8. The summed E-state index contributed by atoms with van der Waals surface area (Å²) in [5.74, 6) is 0.0330. The zero-order chi connectivity index (χ0) is 24.3. The largest absolute Gasteiger partial charge is 0.430 e. The number of ether oxygens (including phenoxy) is 1. The number of hydrogen-bond donors (Lipinski definition) is 0. The molecule has 34 heavy (non-hydrogen) atoms. The minimum atomic E-state index is -0.778. The van der Waals surface area contributed by atoms with Gasteiger partial charge in [0.05, 0.1) is 11.5 Å². The van der Waals surface area contributed by atoms with E-state index >= 15 is 0 Å². The van der Waals surface area contributed by atoms with Crippen LogP contribution in [0.3, 0.4) is 0 Å². The van der Waals surface area contributed by atoms with Gasteiger partial charge in [-0.1, -0.05) is 61.3 Å². The summed E-state index contributed by atoms with van der Waals surface area (Å²) in [5.41, 5.74) is 1.35. The summed E-state index contributed by atoms with van der Waals surface area (Å²) in [6, 6.07) is 15.5. The standard InChI is InChI=1S/C28H33Cl2NO3/c1-3-24(25-9-4-5-16-34-25)31-26(19-10-12-21(29)13-11-19)23(20-7-6-8-22(30)17-20)18-28(2,14-15-32)27(31)33/h6-8,10-13,15,17,23-26H,3-5,9,14,16,18H2,1-2H3/p+1/t23-,24?,25?,26?,28+/m1/s1. The lowest BCUT2D eigenvalue weighted by Crippen LogP contribution is -2.59. The average Bonchev–Trinajstić information content (AvgIpc) is 2.84. The Morgan fingerprint density at radius 1 is 1.12 bits per heavy atom. The van der Waals surface area contributed by atoms with E-state index in [4.69, 9.17) is 27.9 Å². The van der Waals surface area contributed by atoms with E-state index in [-0.39, 0.29) is 36.4 Å². The number of aliphatic hydroxyl groups is 2. The van der Waals surface area contributed by atoms with Gasteiger partial charge in [-0.2, -0.15) is 0 Å². The number of carbonyl (C=O) groups excluding carboxylic acids is 2. The van der Waals surface area contributed by atoms with E-state index in [2.05, 4.69) is 17.9 Å². The summed E-state index contributed by atoms with van der Waals surface area (Å²) < 4.78 is 4.95. The molecule has 2 fully saturated rings. The zero-order valence-corrected chi connectivity index (χ0v) is 21.4. The van der Waals surface area contributed by atoms with E-state index in [0.29, 0.717) is 16.5 Å². The van der Waals surface area contributed by atoms with Crippen LogP contribution in [0.25, 0.3) is 0 Å². The van der Waals surface area contributed by atoms with Gasteiger partial charge in [0, 0.05) is 35.2 Å². The van der Waals surface area contributed by atoms with Crippen LogP contribution >= 0.6 is 23.2 Å². The Kier molecular flexibility index (Phi) is 8.01. The van der Waals surface area contributed by atoms with Crippen LogP contribution in [0.1, 0.15) is 75.5 Å². The minimum absolute atomic E-state index is 0.0137. The van der Waals surface area contributed by atoms with Crippen LogP contribution in [0.4, 0.5) is 0 Å². The highest BCUT2D eigenvalue weighted by Gasteiger charge is 2.53. The minimum Gasteiger partial charge on any atom is -0.430 e.